The zero-order valence-electron chi connectivity index (χ0n) is 22.4. The lowest BCUT2D eigenvalue weighted by molar-refractivity contribution is -0.128. The van der Waals surface area contributed by atoms with E-state index >= 15 is 0 Å². The smallest absolute Gasteiger partial charge is 0.411 e. The Morgan fingerprint density at radius 2 is 2.05 bits per heavy atom. The van der Waals surface area contributed by atoms with E-state index in [0.29, 0.717) is 12.3 Å². The molecule has 1 aliphatic carbocycles. The van der Waals surface area contributed by atoms with Crippen molar-refractivity contribution in [1.82, 2.24) is 20.0 Å². The summed E-state index contributed by atoms with van der Waals surface area (Å²) < 4.78 is 13.1. The lowest BCUT2D eigenvalue weighted by atomic mass is 9.97. The van der Waals surface area contributed by atoms with Gasteiger partial charge in [-0.15, -0.1) is 11.3 Å². The fourth-order valence-electron chi connectivity index (χ4n) is 5.92. The Morgan fingerprint density at radius 1 is 1.26 bits per heavy atom. The van der Waals surface area contributed by atoms with Gasteiger partial charge in [0.1, 0.15) is 17.7 Å². The number of rotatable bonds is 7. The lowest BCUT2D eigenvalue weighted by Crippen LogP contribution is -2.55. The summed E-state index contributed by atoms with van der Waals surface area (Å²) in [5, 5.41) is 17.3. The summed E-state index contributed by atoms with van der Waals surface area (Å²) in [6.45, 7) is 8.02. The highest BCUT2D eigenvalue weighted by atomic mass is 32.1. The van der Waals surface area contributed by atoms with Gasteiger partial charge >= 0.3 is 6.09 Å². The van der Waals surface area contributed by atoms with Crippen molar-refractivity contribution < 1.29 is 19.1 Å². The molecule has 0 radical (unpaired) electrons. The number of thiophene rings is 1. The number of ether oxygens (including phenoxy) is 2. The van der Waals surface area contributed by atoms with Gasteiger partial charge in [-0.3, -0.25) is 14.4 Å². The van der Waals surface area contributed by atoms with Crippen LogP contribution < -0.4 is 5.32 Å². The number of piperidine rings is 1. The van der Waals surface area contributed by atoms with Crippen LogP contribution in [0.5, 0.6) is 0 Å². The Bertz CT molecular complexity index is 1190. The highest BCUT2D eigenvalue weighted by molar-refractivity contribution is 7.15. The topological polar surface area (TPSA) is 109 Å². The molecular weight excluding hydrogens is 502 g/mol. The number of nitrogens with one attached hydrogen (secondary N) is 1. The molecule has 2 bridgehead atoms. The summed E-state index contributed by atoms with van der Waals surface area (Å²) >= 11 is 1.61. The zero-order chi connectivity index (χ0) is 26.9. The standard InChI is InChI=1S/C28H37N5O4S/c1-28(2,3)37-27(35)33-22-5-4-19(12-22)25(33)26(34)31-21(14-29)13-23-6-7-24(38-23)20-15-30-32(17-20)16-18-8-10-36-11-9-18/h6-7,15,17-19,21-22,25H,4-5,8-13,16H2,1-3H3,(H,31,34)/t19?,21-,22?,25?/m0/s1. The molecule has 0 aromatic carbocycles. The first-order valence-electron chi connectivity index (χ1n) is 13.6. The maximum absolute atomic E-state index is 13.3. The molecular formula is C28H37N5O4S. The van der Waals surface area contributed by atoms with E-state index in [2.05, 4.69) is 22.7 Å². The van der Waals surface area contributed by atoms with Crippen molar-refractivity contribution in [2.75, 3.05) is 13.2 Å². The second-order valence-electron chi connectivity index (χ2n) is 11.7. The second kappa shape index (κ2) is 11.1. The molecule has 2 amide bonds. The van der Waals surface area contributed by atoms with Crippen LogP contribution in [0.15, 0.2) is 24.5 Å². The molecule has 4 heterocycles. The number of nitriles is 1. The van der Waals surface area contributed by atoms with Crippen LogP contribution >= 0.6 is 11.3 Å². The van der Waals surface area contributed by atoms with Crippen molar-refractivity contribution in [1.29, 1.82) is 5.26 Å². The van der Waals surface area contributed by atoms with Crippen molar-refractivity contribution in [3.63, 3.8) is 0 Å². The molecule has 2 aromatic heterocycles. The summed E-state index contributed by atoms with van der Waals surface area (Å²) in [5.74, 6) is 0.440. The van der Waals surface area contributed by atoms with Gasteiger partial charge in [-0.05, 0) is 76.8 Å². The molecule has 2 aromatic rings. The molecule has 0 spiro atoms. The van der Waals surface area contributed by atoms with E-state index in [1.54, 1.807) is 16.2 Å². The van der Waals surface area contributed by atoms with Crippen LogP contribution in [0, 0.1) is 23.2 Å². The molecule has 3 unspecified atom stereocenters. The molecule has 1 saturated carbocycles. The Morgan fingerprint density at radius 3 is 2.79 bits per heavy atom. The van der Waals surface area contributed by atoms with Crippen LogP contribution in [-0.4, -0.2) is 63.6 Å². The number of hydrogen-bond donors (Lipinski definition) is 1. The molecule has 2 aliphatic heterocycles. The largest absolute Gasteiger partial charge is 0.444 e. The first kappa shape index (κ1) is 26.7. The Hall–Kier alpha value is -2.90. The van der Waals surface area contributed by atoms with Gasteiger partial charge in [-0.1, -0.05) is 0 Å². The van der Waals surface area contributed by atoms with Crippen molar-refractivity contribution in [3.8, 4) is 16.5 Å². The van der Waals surface area contributed by atoms with Gasteiger partial charge < -0.3 is 14.8 Å². The third-order valence-electron chi connectivity index (χ3n) is 7.70. The maximum atomic E-state index is 13.3. The van der Waals surface area contributed by atoms with Gasteiger partial charge in [-0.2, -0.15) is 10.4 Å². The number of nitrogens with zero attached hydrogens (tertiary/aromatic N) is 4. The molecule has 5 rings (SSSR count). The zero-order valence-corrected chi connectivity index (χ0v) is 23.2. The van der Waals surface area contributed by atoms with Gasteiger partial charge in [0.2, 0.25) is 5.91 Å². The molecule has 3 fully saturated rings. The minimum absolute atomic E-state index is 0.0263. The van der Waals surface area contributed by atoms with Crippen molar-refractivity contribution in [3.05, 3.63) is 29.4 Å². The number of fused-ring (bicyclic) bond motifs is 2. The predicted octanol–water partition coefficient (Wildman–Crippen LogP) is 4.38. The van der Waals surface area contributed by atoms with Gasteiger partial charge in [-0.25, -0.2) is 4.79 Å². The molecule has 9 nitrogen and oxygen atoms in total. The van der Waals surface area contributed by atoms with E-state index in [1.807, 2.05) is 43.8 Å². The van der Waals surface area contributed by atoms with Crippen molar-refractivity contribution in [2.24, 2.45) is 11.8 Å². The third-order valence-corrected chi connectivity index (χ3v) is 8.86. The summed E-state index contributed by atoms with van der Waals surface area (Å²) in [6, 6.07) is 5.07. The van der Waals surface area contributed by atoms with E-state index in [1.165, 1.54) is 0 Å². The monoisotopic (exact) mass is 539 g/mol. The van der Waals surface area contributed by atoms with Crippen LogP contribution in [0.25, 0.3) is 10.4 Å². The first-order valence-corrected chi connectivity index (χ1v) is 14.4. The minimum atomic E-state index is -0.676. The Labute approximate surface area is 228 Å². The quantitative estimate of drug-likeness (QED) is 0.559. The number of likely N-dealkylation sites (tertiary alicyclic amines) is 1. The van der Waals surface area contributed by atoms with Crippen LogP contribution in [0.1, 0.15) is 57.8 Å². The molecule has 2 saturated heterocycles. The van der Waals surface area contributed by atoms with E-state index in [9.17, 15) is 14.9 Å². The van der Waals surface area contributed by atoms with Gasteiger partial charge in [0.05, 0.1) is 12.3 Å². The Balaban J connectivity index is 1.20. The van der Waals surface area contributed by atoms with Crippen LogP contribution in [-0.2, 0) is 27.2 Å². The van der Waals surface area contributed by atoms with Crippen molar-refractivity contribution in [2.45, 2.75) is 89.6 Å². The second-order valence-corrected chi connectivity index (χ2v) is 12.9. The SMILES string of the molecule is CC(C)(C)OC(=O)N1C2CCC(C2)C1C(=O)N[C@H](C#N)Cc1ccc(-c2cnn(CC3CCOCC3)c2)s1. The van der Waals surface area contributed by atoms with Crippen LogP contribution in [0.3, 0.4) is 0 Å². The number of amides is 2. The molecule has 38 heavy (non-hydrogen) atoms. The van der Waals surface area contributed by atoms with E-state index in [0.717, 1.165) is 67.2 Å². The maximum Gasteiger partial charge on any atom is 0.411 e. The lowest BCUT2D eigenvalue weighted by Gasteiger charge is -2.35. The number of aromatic nitrogens is 2. The number of carbonyl (C=O) groups is 2. The average Bonchev–Trinajstić information content (AvgIpc) is 3.67. The molecule has 1 N–H and O–H groups in total. The molecule has 4 atom stereocenters. The average molecular weight is 540 g/mol. The highest BCUT2D eigenvalue weighted by Crippen LogP contribution is 2.43. The van der Waals surface area contributed by atoms with Gasteiger partial charge in [0.25, 0.3) is 0 Å². The number of hydrogen-bond acceptors (Lipinski definition) is 7. The van der Waals surface area contributed by atoms with Crippen LogP contribution in [0.4, 0.5) is 4.79 Å². The van der Waals surface area contributed by atoms with E-state index < -0.39 is 23.8 Å². The molecule has 10 heteroatoms. The summed E-state index contributed by atoms with van der Waals surface area (Å²) in [5.41, 5.74) is 0.425. The predicted molar refractivity (Wildman–Crippen MR) is 143 cm³/mol. The molecule has 3 aliphatic rings. The fourth-order valence-corrected chi connectivity index (χ4v) is 6.95. The third kappa shape index (κ3) is 6.05. The van der Waals surface area contributed by atoms with E-state index in [-0.39, 0.29) is 17.9 Å². The highest BCUT2D eigenvalue weighted by Gasteiger charge is 2.52. The van der Waals surface area contributed by atoms with Gasteiger partial charge in [0, 0.05) is 53.7 Å². The fraction of sp³-hybridized carbons (Fsp3) is 0.643. The normalized spacial score (nSPS) is 24.3. The minimum Gasteiger partial charge on any atom is -0.444 e. The number of carbonyl (C=O) groups excluding carboxylic acids is 2. The first-order chi connectivity index (χ1) is 18.2. The van der Waals surface area contributed by atoms with Crippen molar-refractivity contribution >= 4 is 23.3 Å². The van der Waals surface area contributed by atoms with E-state index in [4.69, 9.17) is 9.47 Å². The Kier molecular flexibility index (Phi) is 7.78. The van der Waals surface area contributed by atoms with Gasteiger partial charge in [0.15, 0.2) is 0 Å². The summed E-state index contributed by atoms with van der Waals surface area (Å²) in [7, 11) is 0. The summed E-state index contributed by atoms with van der Waals surface area (Å²) in [6.07, 6.45) is 8.68. The molecule has 204 valence electrons. The summed E-state index contributed by atoms with van der Waals surface area (Å²) in [4.78, 5) is 30.0. The van der Waals surface area contributed by atoms with Crippen LogP contribution in [0.2, 0.25) is 0 Å².